The number of benzene rings is 1. The van der Waals surface area contributed by atoms with Crippen LogP contribution in [0.4, 0.5) is 5.69 Å². The van der Waals surface area contributed by atoms with Crippen molar-refractivity contribution in [3.05, 3.63) is 53.0 Å². The molecule has 1 N–H and O–H groups in total. The third-order valence-corrected chi connectivity index (χ3v) is 8.03. The third-order valence-electron chi connectivity index (χ3n) is 7.17. The van der Waals surface area contributed by atoms with Crippen LogP contribution in [0.2, 0.25) is 0 Å². The second-order valence-corrected chi connectivity index (χ2v) is 11.1. The van der Waals surface area contributed by atoms with Crippen molar-refractivity contribution in [3.8, 4) is 0 Å². The molecular weight excluding hydrogens is 486 g/mol. The molecule has 0 atom stereocenters. The molecule has 8 heteroatoms. The molecule has 1 saturated carbocycles. The first kappa shape index (κ1) is 26.9. The van der Waals surface area contributed by atoms with Crippen LogP contribution < -0.4 is 10.2 Å². The molecule has 3 aromatic rings. The van der Waals surface area contributed by atoms with E-state index in [0.29, 0.717) is 31.0 Å². The number of carbonyl (C=O) groups is 3. The molecule has 0 radical (unpaired) electrons. The zero-order chi connectivity index (χ0) is 26.5. The van der Waals surface area contributed by atoms with Crippen molar-refractivity contribution in [1.29, 1.82) is 0 Å². The predicted octanol–water partition coefficient (Wildman–Crippen LogP) is 5.42. The van der Waals surface area contributed by atoms with E-state index in [-0.39, 0.29) is 36.3 Å². The summed E-state index contributed by atoms with van der Waals surface area (Å²) in [5.41, 5.74) is 3.48. The average Bonchev–Trinajstić information content (AvgIpc) is 3.48. The van der Waals surface area contributed by atoms with Gasteiger partial charge in [-0.1, -0.05) is 32.0 Å². The van der Waals surface area contributed by atoms with E-state index in [0.717, 1.165) is 40.7 Å². The Balaban J connectivity index is 1.53. The van der Waals surface area contributed by atoms with Crippen molar-refractivity contribution < 1.29 is 19.1 Å². The number of thiophene rings is 1. The Kier molecular flexibility index (Phi) is 8.69. The minimum Gasteiger partial charge on any atom is -0.469 e. The number of aromatic nitrogens is 1. The summed E-state index contributed by atoms with van der Waals surface area (Å²) >= 11 is 1.56. The average molecular weight is 524 g/mol. The van der Waals surface area contributed by atoms with Crippen molar-refractivity contribution in [3.63, 3.8) is 0 Å². The maximum absolute atomic E-state index is 13.7. The van der Waals surface area contributed by atoms with Crippen molar-refractivity contribution in [1.82, 2.24) is 9.88 Å². The van der Waals surface area contributed by atoms with E-state index in [9.17, 15) is 14.4 Å². The first-order valence-electron chi connectivity index (χ1n) is 13.2. The van der Waals surface area contributed by atoms with Gasteiger partial charge in [0.25, 0.3) is 5.91 Å². The molecule has 0 aliphatic heterocycles. The van der Waals surface area contributed by atoms with Gasteiger partial charge in [0.1, 0.15) is 12.2 Å². The molecule has 1 aromatic carbocycles. The van der Waals surface area contributed by atoms with Gasteiger partial charge in [0.15, 0.2) is 0 Å². The summed E-state index contributed by atoms with van der Waals surface area (Å²) in [6.07, 6.45) is 3.76. The Labute approximate surface area is 222 Å². The van der Waals surface area contributed by atoms with Gasteiger partial charge < -0.3 is 19.5 Å². The quantitative estimate of drug-likeness (QED) is 0.380. The normalized spacial score (nSPS) is 17.6. The molecule has 0 saturated heterocycles. The third kappa shape index (κ3) is 6.06. The summed E-state index contributed by atoms with van der Waals surface area (Å²) < 4.78 is 7.70. The molecule has 1 aliphatic carbocycles. The lowest BCUT2D eigenvalue weighted by molar-refractivity contribution is -0.146. The molecule has 37 heavy (non-hydrogen) atoms. The van der Waals surface area contributed by atoms with Crippen LogP contribution in [0.1, 0.15) is 62.5 Å². The van der Waals surface area contributed by atoms with Crippen LogP contribution in [0.3, 0.4) is 0 Å². The highest BCUT2D eigenvalue weighted by Crippen LogP contribution is 2.29. The van der Waals surface area contributed by atoms with Gasteiger partial charge in [-0.05, 0) is 74.1 Å². The zero-order valence-electron chi connectivity index (χ0n) is 22.2. The maximum Gasteiger partial charge on any atom is 0.308 e. The van der Waals surface area contributed by atoms with Crippen LogP contribution in [0.25, 0.3) is 10.2 Å². The first-order valence-corrected chi connectivity index (χ1v) is 14.0. The summed E-state index contributed by atoms with van der Waals surface area (Å²) in [6, 6.07) is 11.9. The topological polar surface area (TPSA) is 80.6 Å². The van der Waals surface area contributed by atoms with E-state index in [1.54, 1.807) is 11.3 Å². The molecule has 1 aliphatic rings. The van der Waals surface area contributed by atoms with E-state index in [1.807, 2.05) is 52.1 Å². The summed E-state index contributed by atoms with van der Waals surface area (Å²) in [5, 5.41) is 5.13. The van der Waals surface area contributed by atoms with E-state index < -0.39 is 0 Å². The molecule has 1 fully saturated rings. The number of fused-ring (bicyclic) bond motifs is 1. The van der Waals surface area contributed by atoms with Gasteiger partial charge in [-0.25, -0.2) is 0 Å². The smallest absolute Gasteiger partial charge is 0.308 e. The van der Waals surface area contributed by atoms with Gasteiger partial charge >= 0.3 is 5.97 Å². The van der Waals surface area contributed by atoms with Crippen molar-refractivity contribution >= 4 is 45.0 Å². The molecule has 2 aromatic heterocycles. The number of nitrogens with one attached hydrogen (secondary N) is 1. The Bertz CT molecular complexity index is 1250. The number of hydrogen-bond donors (Lipinski definition) is 1. The monoisotopic (exact) mass is 523 g/mol. The Morgan fingerprint density at radius 2 is 1.86 bits per heavy atom. The number of anilines is 1. The summed E-state index contributed by atoms with van der Waals surface area (Å²) in [7, 11) is 1.42. The molecule has 4 rings (SSSR count). The van der Waals surface area contributed by atoms with Gasteiger partial charge in [-0.15, -0.1) is 11.3 Å². The van der Waals surface area contributed by atoms with E-state index in [1.165, 1.54) is 7.11 Å². The minimum atomic E-state index is -0.180. The van der Waals surface area contributed by atoms with Crippen molar-refractivity contribution in [2.24, 2.45) is 11.8 Å². The fourth-order valence-electron chi connectivity index (χ4n) is 5.32. The number of methoxy groups -OCH3 is 1. The van der Waals surface area contributed by atoms with Crippen LogP contribution in [-0.4, -0.2) is 42.0 Å². The highest BCUT2D eigenvalue weighted by atomic mass is 32.1. The minimum absolute atomic E-state index is 0.000504. The predicted molar refractivity (Wildman–Crippen MR) is 148 cm³/mol. The zero-order valence-corrected chi connectivity index (χ0v) is 23.0. The number of likely N-dealkylation sites (N-methyl/N-ethyl adjacent to an activating group) is 1. The van der Waals surface area contributed by atoms with Crippen LogP contribution >= 0.6 is 11.3 Å². The number of para-hydroxylation sites is 1. The van der Waals surface area contributed by atoms with Gasteiger partial charge in [0.05, 0.1) is 23.2 Å². The second kappa shape index (κ2) is 11.9. The Morgan fingerprint density at radius 3 is 2.54 bits per heavy atom. The summed E-state index contributed by atoms with van der Waals surface area (Å²) in [6.45, 7) is 6.97. The fourth-order valence-corrected chi connectivity index (χ4v) is 6.15. The van der Waals surface area contributed by atoms with Crippen molar-refractivity contribution in [2.45, 2.75) is 65.5 Å². The highest BCUT2D eigenvalue weighted by Gasteiger charge is 2.29. The molecule has 2 amide bonds. The standard InChI is InChI=1S/C29H37N3O4S/c1-5-31(23-9-7-6-8-21(23)16-19(2)3)27(33)18-32-24-14-15-37-26(24)17-25(32)28(34)30-22-12-10-20(11-13-22)29(35)36-4/h6-9,14-15,17,19-20,22H,5,10-13,16,18H2,1-4H3,(H,30,34). The van der Waals surface area contributed by atoms with Crippen LogP contribution in [0.15, 0.2) is 41.8 Å². The number of carbonyl (C=O) groups excluding carboxylic acids is 3. The van der Waals surface area contributed by atoms with E-state index in [2.05, 4.69) is 25.2 Å². The number of hydrogen-bond acceptors (Lipinski definition) is 5. The fraction of sp³-hybridized carbons (Fsp3) is 0.483. The van der Waals surface area contributed by atoms with Crippen LogP contribution in [0, 0.1) is 11.8 Å². The Hall–Kier alpha value is -3.13. The van der Waals surface area contributed by atoms with Crippen LogP contribution in [0.5, 0.6) is 0 Å². The van der Waals surface area contributed by atoms with E-state index in [4.69, 9.17) is 4.74 Å². The van der Waals surface area contributed by atoms with Gasteiger partial charge in [-0.2, -0.15) is 0 Å². The van der Waals surface area contributed by atoms with Gasteiger partial charge in [-0.3, -0.25) is 14.4 Å². The largest absolute Gasteiger partial charge is 0.469 e. The van der Waals surface area contributed by atoms with Gasteiger partial charge in [0, 0.05) is 18.3 Å². The number of ether oxygens (including phenoxy) is 1. The van der Waals surface area contributed by atoms with Crippen molar-refractivity contribution in [2.75, 3.05) is 18.6 Å². The SMILES string of the molecule is CCN(C(=O)Cn1c(C(=O)NC2CCC(C(=O)OC)CC2)cc2sccc21)c1ccccc1CC(C)C. The molecule has 0 bridgehead atoms. The molecule has 198 valence electrons. The maximum atomic E-state index is 13.7. The summed E-state index contributed by atoms with van der Waals surface area (Å²) in [4.78, 5) is 40.7. The molecule has 0 spiro atoms. The first-order chi connectivity index (χ1) is 17.8. The Morgan fingerprint density at radius 1 is 1.14 bits per heavy atom. The molecule has 2 heterocycles. The van der Waals surface area contributed by atoms with Gasteiger partial charge in [0.2, 0.25) is 5.91 Å². The number of nitrogens with zero attached hydrogens (tertiary/aromatic N) is 2. The van der Waals surface area contributed by atoms with Crippen LogP contribution in [-0.2, 0) is 27.3 Å². The lowest BCUT2D eigenvalue weighted by Crippen LogP contribution is -2.40. The number of rotatable bonds is 9. The molecule has 0 unspecified atom stereocenters. The highest BCUT2D eigenvalue weighted by molar-refractivity contribution is 7.17. The number of esters is 1. The molecule has 7 nitrogen and oxygen atoms in total. The number of amides is 2. The lowest BCUT2D eigenvalue weighted by Gasteiger charge is -2.28. The van der Waals surface area contributed by atoms with E-state index >= 15 is 0 Å². The molecular formula is C29H37N3O4S. The summed E-state index contributed by atoms with van der Waals surface area (Å²) in [5.74, 6) is -0.0183. The second-order valence-electron chi connectivity index (χ2n) is 10.2. The lowest BCUT2D eigenvalue weighted by atomic mass is 9.86.